The summed E-state index contributed by atoms with van der Waals surface area (Å²) in [6, 6.07) is 1.26. The Balaban J connectivity index is 2.33. The molecule has 2 heteroatoms. The number of hydrogen-bond acceptors (Lipinski definition) is 2. The zero-order chi connectivity index (χ0) is 9.84. The second-order valence-electron chi connectivity index (χ2n) is 4.70. The molecular formula is C11H23NO. The third-order valence-corrected chi connectivity index (χ3v) is 2.63. The summed E-state index contributed by atoms with van der Waals surface area (Å²) >= 11 is 0. The number of nitrogens with one attached hydrogen (secondary N) is 1. The predicted octanol–water partition coefficient (Wildman–Crippen LogP) is 2.19. The Labute approximate surface area is 82.0 Å². The molecule has 2 atom stereocenters. The second-order valence-corrected chi connectivity index (χ2v) is 4.70. The van der Waals surface area contributed by atoms with E-state index < -0.39 is 0 Å². The van der Waals surface area contributed by atoms with Crippen LogP contribution >= 0.6 is 0 Å². The van der Waals surface area contributed by atoms with Crippen molar-refractivity contribution in [3.8, 4) is 0 Å². The Morgan fingerprint density at radius 2 is 1.92 bits per heavy atom. The van der Waals surface area contributed by atoms with Gasteiger partial charge in [0, 0.05) is 18.7 Å². The summed E-state index contributed by atoms with van der Waals surface area (Å²) in [6.07, 6.45) is 2.81. The molecule has 78 valence electrons. The van der Waals surface area contributed by atoms with Gasteiger partial charge in [-0.1, -0.05) is 27.7 Å². The van der Waals surface area contributed by atoms with Gasteiger partial charge in [0.1, 0.15) is 0 Å². The Morgan fingerprint density at radius 3 is 2.46 bits per heavy atom. The molecule has 0 aromatic carbocycles. The molecule has 0 spiro atoms. The lowest BCUT2D eigenvalue weighted by Gasteiger charge is -2.33. The summed E-state index contributed by atoms with van der Waals surface area (Å²) in [5.41, 5.74) is 0. The molecule has 1 heterocycles. The summed E-state index contributed by atoms with van der Waals surface area (Å²) < 4.78 is 5.71. The van der Waals surface area contributed by atoms with Crippen molar-refractivity contribution in [2.24, 2.45) is 5.92 Å². The molecular weight excluding hydrogens is 162 g/mol. The van der Waals surface area contributed by atoms with E-state index in [0.717, 1.165) is 6.61 Å². The van der Waals surface area contributed by atoms with E-state index in [1.54, 1.807) is 0 Å². The minimum absolute atomic E-state index is 0.463. The third kappa shape index (κ3) is 3.65. The van der Waals surface area contributed by atoms with Crippen LogP contribution in [0.1, 0.15) is 40.5 Å². The van der Waals surface area contributed by atoms with E-state index >= 15 is 0 Å². The quantitative estimate of drug-likeness (QED) is 0.727. The van der Waals surface area contributed by atoms with Gasteiger partial charge in [0.2, 0.25) is 0 Å². The van der Waals surface area contributed by atoms with E-state index in [4.69, 9.17) is 4.74 Å². The lowest BCUT2D eigenvalue weighted by Crippen LogP contribution is -2.43. The average Bonchev–Trinajstić information content (AvgIpc) is 2.03. The highest BCUT2D eigenvalue weighted by Crippen LogP contribution is 2.20. The molecule has 2 nitrogen and oxygen atoms in total. The van der Waals surface area contributed by atoms with Crippen LogP contribution in [0.4, 0.5) is 0 Å². The van der Waals surface area contributed by atoms with Crippen LogP contribution in [0, 0.1) is 5.92 Å². The van der Waals surface area contributed by atoms with Crippen molar-refractivity contribution in [1.82, 2.24) is 5.32 Å². The van der Waals surface area contributed by atoms with Gasteiger partial charge < -0.3 is 10.1 Å². The van der Waals surface area contributed by atoms with E-state index in [2.05, 4.69) is 33.0 Å². The zero-order valence-corrected chi connectivity index (χ0v) is 9.34. The Bertz CT molecular complexity index is 145. The minimum Gasteiger partial charge on any atom is -0.378 e. The highest BCUT2D eigenvalue weighted by atomic mass is 16.5. The minimum atomic E-state index is 0.463. The lowest BCUT2D eigenvalue weighted by atomic mass is 9.95. The number of rotatable bonds is 3. The topological polar surface area (TPSA) is 21.3 Å². The molecule has 0 amide bonds. The largest absolute Gasteiger partial charge is 0.378 e. The molecule has 0 aromatic rings. The van der Waals surface area contributed by atoms with Crippen molar-refractivity contribution in [3.63, 3.8) is 0 Å². The molecule has 1 aliphatic heterocycles. The highest BCUT2D eigenvalue weighted by Gasteiger charge is 2.24. The van der Waals surface area contributed by atoms with Crippen LogP contribution in [0.25, 0.3) is 0 Å². The maximum absolute atomic E-state index is 5.71. The van der Waals surface area contributed by atoms with Gasteiger partial charge in [0.05, 0.1) is 6.10 Å². The lowest BCUT2D eigenvalue weighted by molar-refractivity contribution is -0.0253. The zero-order valence-electron chi connectivity index (χ0n) is 9.34. The molecule has 0 radical (unpaired) electrons. The van der Waals surface area contributed by atoms with E-state index in [-0.39, 0.29) is 0 Å². The molecule has 0 bridgehead atoms. The summed E-state index contributed by atoms with van der Waals surface area (Å²) in [6.45, 7) is 9.82. The fourth-order valence-corrected chi connectivity index (χ4v) is 1.92. The number of ether oxygens (including phenoxy) is 1. The van der Waals surface area contributed by atoms with Crippen LogP contribution < -0.4 is 5.32 Å². The van der Waals surface area contributed by atoms with Gasteiger partial charge in [0.15, 0.2) is 0 Å². The summed E-state index contributed by atoms with van der Waals surface area (Å²) in [5.74, 6) is 0.650. The molecule has 0 saturated carbocycles. The fraction of sp³-hybridized carbons (Fsp3) is 1.00. The van der Waals surface area contributed by atoms with Gasteiger partial charge in [-0.05, 0) is 18.8 Å². The normalized spacial score (nSPS) is 30.0. The Kier molecular flexibility index (Phi) is 4.20. The predicted molar refractivity (Wildman–Crippen MR) is 55.9 cm³/mol. The van der Waals surface area contributed by atoms with Gasteiger partial charge in [-0.15, -0.1) is 0 Å². The van der Waals surface area contributed by atoms with E-state index in [9.17, 15) is 0 Å². The standard InChI is InChI=1S/C11H23NO/c1-8(2)11-7-10(5-6-13-11)12-9(3)4/h8-12H,5-7H2,1-4H3. The average molecular weight is 185 g/mol. The van der Waals surface area contributed by atoms with Crippen molar-refractivity contribution in [1.29, 1.82) is 0 Å². The third-order valence-electron chi connectivity index (χ3n) is 2.63. The van der Waals surface area contributed by atoms with Crippen LogP contribution in [0.15, 0.2) is 0 Å². The van der Waals surface area contributed by atoms with Gasteiger partial charge in [0.25, 0.3) is 0 Å². The van der Waals surface area contributed by atoms with Crippen LogP contribution in [0.3, 0.4) is 0 Å². The van der Waals surface area contributed by atoms with Crippen LogP contribution in [-0.4, -0.2) is 24.8 Å². The Hall–Kier alpha value is -0.0800. The Morgan fingerprint density at radius 1 is 1.23 bits per heavy atom. The van der Waals surface area contributed by atoms with Gasteiger partial charge >= 0.3 is 0 Å². The highest BCUT2D eigenvalue weighted by molar-refractivity contribution is 4.79. The van der Waals surface area contributed by atoms with Crippen LogP contribution in [0.5, 0.6) is 0 Å². The van der Waals surface area contributed by atoms with Crippen LogP contribution in [-0.2, 0) is 4.74 Å². The van der Waals surface area contributed by atoms with Gasteiger partial charge in [-0.2, -0.15) is 0 Å². The maximum atomic E-state index is 5.71. The maximum Gasteiger partial charge on any atom is 0.0612 e. The van der Waals surface area contributed by atoms with E-state index in [1.807, 2.05) is 0 Å². The number of hydrogen-bond donors (Lipinski definition) is 1. The fourth-order valence-electron chi connectivity index (χ4n) is 1.92. The van der Waals surface area contributed by atoms with Gasteiger partial charge in [-0.25, -0.2) is 0 Å². The van der Waals surface area contributed by atoms with Gasteiger partial charge in [-0.3, -0.25) is 0 Å². The van der Waals surface area contributed by atoms with Crippen LogP contribution in [0.2, 0.25) is 0 Å². The summed E-state index contributed by atoms with van der Waals surface area (Å²) in [4.78, 5) is 0. The van der Waals surface area contributed by atoms with E-state index in [1.165, 1.54) is 12.8 Å². The molecule has 1 N–H and O–H groups in total. The first-order valence-electron chi connectivity index (χ1n) is 5.47. The van der Waals surface area contributed by atoms with Crippen molar-refractivity contribution < 1.29 is 4.74 Å². The van der Waals surface area contributed by atoms with E-state index in [0.29, 0.717) is 24.1 Å². The molecule has 1 fully saturated rings. The molecule has 0 aromatic heterocycles. The van der Waals surface area contributed by atoms with Crippen molar-refractivity contribution in [2.75, 3.05) is 6.61 Å². The molecule has 2 unspecified atom stereocenters. The first-order valence-corrected chi connectivity index (χ1v) is 5.47. The monoisotopic (exact) mass is 185 g/mol. The smallest absolute Gasteiger partial charge is 0.0612 e. The molecule has 13 heavy (non-hydrogen) atoms. The van der Waals surface area contributed by atoms with Crippen molar-refractivity contribution in [2.45, 2.75) is 58.7 Å². The first kappa shape index (κ1) is 11.0. The molecule has 1 aliphatic rings. The molecule has 1 rings (SSSR count). The van der Waals surface area contributed by atoms with Crippen molar-refractivity contribution >= 4 is 0 Å². The second kappa shape index (κ2) is 4.97. The molecule has 1 saturated heterocycles. The SMILES string of the molecule is CC(C)NC1CCOC(C(C)C)C1. The first-order chi connectivity index (χ1) is 6.09. The van der Waals surface area contributed by atoms with Crippen molar-refractivity contribution in [3.05, 3.63) is 0 Å². The summed E-state index contributed by atoms with van der Waals surface area (Å²) in [5, 5.41) is 3.59. The summed E-state index contributed by atoms with van der Waals surface area (Å²) in [7, 11) is 0. The molecule has 0 aliphatic carbocycles.